The van der Waals surface area contributed by atoms with Crippen molar-refractivity contribution in [2.75, 3.05) is 6.61 Å². The zero-order chi connectivity index (χ0) is 8.91. The van der Waals surface area contributed by atoms with E-state index < -0.39 is 12.8 Å². The standard InChI is InChI=1S/C5H7F3N2O/c1-4(9-2)10-11-3-5(6,7)8/h2-3H2,1H3/b10-4-. The third-order valence-corrected chi connectivity index (χ3v) is 0.654. The van der Waals surface area contributed by atoms with Gasteiger partial charge in [0.2, 0.25) is 6.61 Å². The van der Waals surface area contributed by atoms with E-state index in [4.69, 9.17) is 0 Å². The van der Waals surface area contributed by atoms with Gasteiger partial charge >= 0.3 is 6.18 Å². The largest absolute Gasteiger partial charge is 0.425 e. The van der Waals surface area contributed by atoms with Crippen molar-refractivity contribution in [2.45, 2.75) is 13.1 Å². The molecule has 0 radical (unpaired) electrons. The summed E-state index contributed by atoms with van der Waals surface area (Å²) in [7, 11) is 0. The number of nitrogens with zero attached hydrogens (tertiary/aromatic N) is 2. The Kier molecular flexibility index (Phi) is 3.56. The minimum absolute atomic E-state index is 0.0641. The van der Waals surface area contributed by atoms with Gasteiger partial charge in [-0.25, -0.2) is 4.99 Å². The molecule has 3 nitrogen and oxygen atoms in total. The molecule has 0 unspecified atom stereocenters. The number of rotatable bonds is 2. The highest BCUT2D eigenvalue weighted by molar-refractivity contribution is 5.83. The molecule has 0 fully saturated rings. The van der Waals surface area contributed by atoms with E-state index in [9.17, 15) is 13.2 Å². The summed E-state index contributed by atoms with van der Waals surface area (Å²) in [5.41, 5.74) is 0. The van der Waals surface area contributed by atoms with Crippen LogP contribution >= 0.6 is 0 Å². The lowest BCUT2D eigenvalue weighted by molar-refractivity contribution is -0.173. The molecule has 11 heavy (non-hydrogen) atoms. The van der Waals surface area contributed by atoms with Crippen molar-refractivity contribution in [1.82, 2.24) is 0 Å². The average Bonchev–Trinajstić information content (AvgIpc) is 1.85. The maximum Gasteiger partial charge on any atom is 0.425 e. The fraction of sp³-hybridized carbons (Fsp3) is 0.600. The monoisotopic (exact) mass is 168 g/mol. The molecule has 0 aliphatic rings. The van der Waals surface area contributed by atoms with Gasteiger partial charge < -0.3 is 4.84 Å². The summed E-state index contributed by atoms with van der Waals surface area (Å²) < 4.78 is 34.1. The predicted octanol–water partition coefficient (Wildman–Crippen LogP) is 1.60. The molecule has 0 bridgehead atoms. The molecule has 0 rings (SSSR count). The second-order valence-corrected chi connectivity index (χ2v) is 1.69. The van der Waals surface area contributed by atoms with Crippen molar-refractivity contribution < 1.29 is 18.0 Å². The van der Waals surface area contributed by atoms with Crippen LogP contribution in [0.3, 0.4) is 0 Å². The molecule has 0 saturated carbocycles. The van der Waals surface area contributed by atoms with Crippen LogP contribution in [0.5, 0.6) is 0 Å². The van der Waals surface area contributed by atoms with Crippen molar-refractivity contribution in [3.05, 3.63) is 0 Å². The maximum atomic E-state index is 11.4. The summed E-state index contributed by atoms with van der Waals surface area (Å²) in [5, 5.41) is 3.00. The summed E-state index contributed by atoms with van der Waals surface area (Å²) in [6, 6.07) is 0. The van der Waals surface area contributed by atoms with Crippen molar-refractivity contribution in [3.8, 4) is 0 Å². The number of hydrogen-bond donors (Lipinski definition) is 0. The molecule has 0 aliphatic heterocycles. The third kappa shape index (κ3) is 6.82. The average molecular weight is 168 g/mol. The zero-order valence-electron chi connectivity index (χ0n) is 5.85. The van der Waals surface area contributed by atoms with Gasteiger partial charge in [-0.2, -0.15) is 13.2 Å². The van der Waals surface area contributed by atoms with Crippen molar-refractivity contribution in [1.29, 1.82) is 0 Å². The normalized spacial score (nSPS) is 12.9. The van der Waals surface area contributed by atoms with E-state index in [0.29, 0.717) is 0 Å². The van der Waals surface area contributed by atoms with Gasteiger partial charge in [0, 0.05) is 0 Å². The van der Waals surface area contributed by atoms with Crippen LogP contribution in [0.1, 0.15) is 6.92 Å². The first-order valence-electron chi connectivity index (χ1n) is 2.66. The van der Waals surface area contributed by atoms with Crippen LogP contribution in [-0.4, -0.2) is 25.3 Å². The number of oxime groups is 1. The molecule has 0 saturated heterocycles. The second kappa shape index (κ2) is 3.95. The molecule has 0 aromatic rings. The first-order chi connectivity index (χ1) is 4.95. The fourth-order valence-electron chi connectivity index (χ4n) is 0.228. The second-order valence-electron chi connectivity index (χ2n) is 1.69. The van der Waals surface area contributed by atoms with Gasteiger partial charge in [0.05, 0.1) is 0 Å². The number of alkyl halides is 3. The Morgan fingerprint density at radius 2 is 2.09 bits per heavy atom. The van der Waals surface area contributed by atoms with Crippen LogP contribution < -0.4 is 0 Å². The summed E-state index contributed by atoms with van der Waals surface area (Å²) in [4.78, 5) is 7.10. The van der Waals surface area contributed by atoms with Crippen molar-refractivity contribution >= 4 is 12.6 Å². The Morgan fingerprint density at radius 1 is 1.55 bits per heavy atom. The van der Waals surface area contributed by atoms with E-state index in [1.807, 2.05) is 0 Å². The Balaban J connectivity index is 3.65. The molecular weight excluding hydrogens is 161 g/mol. The number of aliphatic imine (C=N–C) groups is 1. The minimum Gasteiger partial charge on any atom is -0.385 e. The summed E-state index contributed by atoms with van der Waals surface area (Å²) in [6.45, 7) is 3.01. The lowest BCUT2D eigenvalue weighted by atomic mass is 10.7. The van der Waals surface area contributed by atoms with Crippen LogP contribution in [0, 0.1) is 0 Å². The Morgan fingerprint density at radius 3 is 2.45 bits per heavy atom. The molecule has 0 atom stereocenters. The van der Waals surface area contributed by atoms with Gasteiger partial charge in [-0.05, 0) is 13.6 Å². The highest BCUT2D eigenvalue weighted by atomic mass is 19.4. The van der Waals surface area contributed by atoms with Crippen molar-refractivity contribution in [2.24, 2.45) is 10.1 Å². The Bertz CT molecular complexity index is 164. The van der Waals surface area contributed by atoms with Gasteiger partial charge in [-0.15, -0.1) is 0 Å². The summed E-state index contributed by atoms with van der Waals surface area (Å²) in [5.74, 6) is 0.0641. The first kappa shape index (κ1) is 9.93. The highest BCUT2D eigenvalue weighted by Gasteiger charge is 2.28. The van der Waals surface area contributed by atoms with Crippen LogP contribution in [0.15, 0.2) is 10.1 Å². The molecule has 0 aliphatic carbocycles. The number of amidine groups is 1. The predicted molar refractivity (Wildman–Crippen MR) is 34.7 cm³/mol. The van der Waals surface area contributed by atoms with Gasteiger partial charge in [0.1, 0.15) is 0 Å². The Labute approximate surface area is 61.6 Å². The molecule has 0 spiro atoms. The smallest absolute Gasteiger partial charge is 0.385 e. The third-order valence-electron chi connectivity index (χ3n) is 0.654. The van der Waals surface area contributed by atoms with E-state index in [1.165, 1.54) is 6.92 Å². The number of halogens is 3. The van der Waals surface area contributed by atoms with Gasteiger partial charge in [0.15, 0.2) is 5.84 Å². The molecule has 64 valence electrons. The van der Waals surface area contributed by atoms with E-state index >= 15 is 0 Å². The quantitative estimate of drug-likeness (QED) is 0.350. The molecule has 0 heterocycles. The van der Waals surface area contributed by atoms with Crippen LogP contribution in [0.25, 0.3) is 0 Å². The lowest BCUT2D eigenvalue weighted by Crippen LogP contribution is -2.15. The SMILES string of the molecule is C=N/C(C)=N\OCC(F)(F)F. The lowest BCUT2D eigenvalue weighted by Gasteiger charge is -2.02. The molecule has 0 aromatic heterocycles. The summed E-state index contributed by atoms with van der Waals surface area (Å²) in [6.07, 6.45) is -4.36. The maximum absolute atomic E-state index is 11.4. The molecule has 0 N–H and O–H groups in total. The summed E-state index contributed by atoms with van der Waals surface area (Å²) >= 11 is 0. The molecule has 0 aromatic carbocycles. The molecular formula is C5H7F3N2O. The van der Waals surface area contributed by atoms with Crippen LogP contribution in [0.2, 0.25) is 0 Å². The van der Waals surface area contributed by atoms with Crippen LogP contribution in [0.4, 0.5) is 13.2 Å². The Hall–Kier alpha value is -1.07. The highest BCUT2D eigenvalue weighted by Crippen LogP contribution is 2.14. The van der Waals surface area contributed by atoms with Gasteiger partial charge in [0.25, 0.3) is 0 Å². The topological polar surface area (TPSA) is 34.0 Å². The van der Waals surface area contributed by atoms with E-state index in [-0.39, 0.29) is 5.84 Å². The zero-order valence-corrected chi connectivity index (χ0v) is 5.85. The number of hydrogen-bond acceptors (Lipinski definition) is 2. The van der Waals surface area contributed by atoms with Crippen molar-refractivity contribution in [3.63, 3.8) is 0 Å². The molecule has 6 heteroatoms. The van der Waals surface area contributed by atoms with Crippen LogP contribution in [-0.2, 0) is 4.84 Å². The van der Waals surface area contributed by atoms with E-state index in [1.54, 1.807) is 0 Å². The van der Waals surface area contributed by atoms with E-state index in [2.05, 4.69) is 21.7 Å². The van der Waals surface area contributed by atoms with Gasteiger partial charge in [-0.1, -0.05) is 5.16 Å². The van der Waals surface area contributed by atoms with Gasteiger partial charge in [-0.3, -0.25) is 0 Å². The molecule has 0 amide bonds. The van der Waals surface area contributed by atoms with E-state index in [0.717, 1.165) is 0 Å². The minimum atomic E-state index is -4.36. The first-order valence-corrected chi connectivity index (χ1v) is 2.66. The fourth-order valence-corrected chi connectivity index (χ4v) is 0.228.